The number of Topliss-reactive ketones (excluding diaryl/α,β-unsaturated/α-hetero) is 1. The molecule has 4 heterocycles. The standard InChI is InChI=1S/C20H28O6/c1-8-9-4-5-10-18-11(21)6-7-17(2,3)12(18)14(23)20(24)19(10,13(8)22)15(9)25-16(18)26-20/h8-12,14-16,21,23-24H,4-7H2,1-3H3/t8-,9-,10+,11-,12+,14-,15+,16?,18-,19-,20-/m0/s1. The van der Waals surface area contributed by atoms with Crippen LogP contribution in [0.2, 0.25) is 0 Å². The Bertz CT molecular complexity index is 721. The molecule has 0 aromatic rings. The summed E-state index contributed by atoms with van der Waals surface area (Å²) in [6.07, 6.45) is -0.0608. The van der Waals surface area contributed by atoms with E-state index in [1.54, 1.807) is 0 Å². The molecular formula is C20H28O6. The molecule has 8 fully saturated rings. The van der Waals surface area contributed by atoms with Gasteiger partial charge in [0.2, 0.25) is 5.79 Å². The van der Waals surface area contributed by atoms with Crippen molar-refractivity contribution in [1.82, 2.24) is 0 Å². The number of aliphatic hydroxyl groups excluding tert-OH is 2. The normalized spacial score (nSPS) is 66.8. The number of carbonyl (C=O) groups is 1. The fourth-order valence-electron chi connectivity index (χ4n) is 8.75. The summed E-state index contributed by atoms with van der Waals surface area (Å²) in [6, 6.07) is 0. The van der Waals surface area contributed by atoms with E-state index in [1.165, 1.54) is 0 Å². The highest BCUT2D eigenvalue weighted by Crippen LogP contribution is 2.81. The predicted molar refractivity (Wildman–Crippen MR) is 88.5 cm³/mol. The molecule has 8 rings (SSSR count). The van der Waals surface area contributed by atoms with Gasteiger partial charge < -0.3 is 24.8 Å². The topological polar surface area (TPSA) is 96.2 Å². The SMILES string of the molecule is C[C@@H]1C(=O)[C@@]23[C@@H]4OC5O[C@@]2(O)[C@@H](O)[C@@H]2C(C)(C)CC[C@H](O)[C@]52[C@H]3CC[C@@H]14. The maximum Gasteiger partial charge on any atom is 0.210 e. The lowest BCUT2D eigenvalue weighted by Crippen LogP contribution is -2.91. The fourth-order valence-corrected chi connectivity index (χ4v) is 8.75. The van der Waals surface area contributed by atoms with Gasteiger partial charge in [-0.15, -0.1) is 0 Å². The molecule has 0 amide bonds. The van der Waals surface area contributed by atoms with Crippen LogP contribution in [0.1, 0.15) is 46.5 Å². The minimum atomic E-state index is -1.91. The van der Waals surface area contributed by atoms with E-state index in [1.807, 2.05) is 6.92 Å². The fraction of sp³-hybridized carbons (Fsp3) is 0.950. The molecule has 144 valence electrons. The van der Waals surface area contributed by atoms with Crippen molar-refractivity contribution in [2.24, 2.45) is 39.9 Å². The van der Waals surface area contributed by atoms with E-state index in [0.29, 0.717) is 6.42 Å². The molecule has 0 radical (unpaired) electrons. The van der Waals surface area contributed by atoms with Crippen LogP contribution in [0.4, 0.5) is 0 Å². The van der Waals surface area contributed by atoms with Gasteiger partial charge in [-0.1, -0.05) is 20.8 Å². The predicted octanol–water partition coefficient (Wildman–Crippen LogP) is 0.819. The Labute approximate surface area is 152 Å². The average Bonchev–Trinajstić information content (AvgIpc) is 2.71. The summed E-state index contributed by atoms with van der Waals surface area (Å²) in [5.41, 5.74) is -2.35. The molecular weight excluding hydrogens is 336 g/mol. The summed E-state index contributed by atoms with van der Waals surface area (Å²) in [6.45, 7) is 6.09. The van der Waals surface area contributed by atoms with E-state index < -0.39 is 41.2 Å². The lowest BCUT2D eigenvalue weighted by molar-refractivity contribution is -0.557. The molecule has 1 unspecified atom stereocenters. The van der Waals surface area contributed by atoms with Gasteiger partial charge in [-0.05, 0) is 42.9 Å². The molecule has 6 heteroatoms. The lowest BCUT2D eigenvalue weighted by atomic mass is 9.34. The third-order valence-corrected chi connectivity index (χ3v) is 9.54. The maximum atomic E-state index is 13.5. The Kier molecular flexibility index (Phi) is 2.67. The van der Waals surface area contributed by atoms with Crippen molar-refractivity contribution in [3.63, 3.8) is 0 Å². The largest absolute Gasteiger partial charge is 0.392 e. The van der Waals surface area contributed by atoms with Gasteiger partial charge in [0.05, 0.1) is 17.6 Å². The minimum Gasteiger partial charge on any atom is -0.392 e. The first-order valence-electron chi connectivity index (χ1n) is 10.1. The van der Waals surface area contributed by atoms with Gasteiger partial charge in [-0.2, -0.15) is 0 Å². The van der Waals surface area contributed by atoms with Gasteiger partial charge in [-0.25, -0.2) is 0 Å². The summed E-state index contributed by atoms with van der Waals surface area (Å²) >= 11 is 0. The van der Waals surface area contributed by atoms with Crippen molar-refractivity contribution >= 4 is 5.78 Å². The summed E-state index contributed by atoms with van der Waals surface area (Å²) in [5, 5.41) is 34.4. The van der Waals surface area contributed by atoms with Crippen molar-refractivity contribution in [3.05, 3.63) is 0 Å². The van der Waals surface area contributed by atoms with E-state index >= 15 is 0 Å². The summed E-state index contributed by atoms with van der Waals surface area (Å²) in [5.74, 6) is -2.67. The molecule has 11 atom stereocenters. The zero-order valence-corrected chi connectivity index (χ0v) is 15.5. The zero-order valence-electron chi connectivity index (χ0n) is 15.5. The van der Waals surface area contributed by atoms with Crippen molar-refractivity contribution in [3.8, 4) is 0 Å². The molecule has 0 aromatic heterocycles. The van der Waals surface area contributed by atoms with E-state index in [2.05, 4.69) is 13.8 Å². The smallest absolute Gasteiger partial charge is 0.210 e. The molecule has 7 bridgehead atoms. The lowest BCUT2D eigenvalue weighted by Gasteiger charge is -2.79. The Morgan fingerprint density at radius 1 is 1.15 bits per heavy atom. The van der Waals surface area contributed by atoms with Crippen molar-refractivity contribution in [2.45, 2.75) is 76.8 Å². The number of ketones is 1. The zero-order chi connectivity index (χ0) is 18.4. The molecule has 4 aliphatic heterocycles. The molecule has 3 N–H and O–H groups in total. The van der Waals surface area contributed by atoms with Gasteiger partial charge in [0.25, 0.3) is 0 Å². The van der Waals surface area contributed by atoms with Crippen LogP contribution in [0.15, 0.2) is 0 Å². The molecule has 4 saturated heterocycles. The Morgan fingerprint density at radius 3 is 2.62 bits per heavy atom. The van der Waals surface area contributed by atoms with Gasteiger partial charge >= 0.3 is 0 Å². The molecule has 4 aliphatic carbocycles. The maximum absolute atomic E-state index is 13.5. The summed E-state index contributed by atoms with van der Waals surface area (Å²) < 4.78 is 12.4. The number of ether oxygens (including phenoxy) is 2. The van der Waals surface area contributed by atoms with Gasteiger partial charge in [0.15, 0.2) is 12.1 Å². The first-order chi connectivity index (χ1) is 12.1. The van der Waals surface area contributed by atoms with E-state index in [4.69, 9.17) is 9.47 Å². The summed E-state index contributed by atoms with van der Waals surface area (Å²) in [4.78, 5) is 13.5. The van der Waals surface area contributed by atoms with Gasteiger partial charge in [0.1, 0.15) is 11.5 Å². The molecule has 0 aromatic carbocycles. The monoisotopic (exact) mass is 364 g/mol. The first-order valence-corrected chi connectivity index (χ1v) is 10.1. The van der Waals surface area contributed by atoms with Gasteiger partial charge in [0, 0.05) is 11.8 Å². The molecule has 6 nitrogen and oxygen atoms in total. The number of rotatable bonds is 0. The van der Waals surface area contributed by atoms with Crippen molar-refractivity contribution < 1.29 is 29.6 Å². The van der Waals surface area contributed by atoms with Crippen LogP contribution < -0.4 is 0 Å². The van der Waals surface area contributed by atoms with Gasteiger partial charge in [-0.3, -0.25) is 4.79 Å². The molecule has 2 spiro atoms. The van der Waals surface area contributed by atoms with Crippen LogP contribution in [-0.2, 0) is 14.3 Å². The third-order valence-electron chi connectivity index (χ3n) is 9.54. The molecule has 8 aliphatic rings. The summed E-state index contributed by atoms with van der Waals surface area (Å²) in [7, 11) is 0. The van der Waals surface area contributed by atoms with Crippen LogP contribution in [0.5, 0.6) is 0 Å². The second-order valence-electron chi connectivity index (χ2n) is 10.5. The van der Waals surface area contributed by atoms with Crippen LogP contribution >= 0.6 is 0 Å². The Morgan fingerprint density at radius 2 is 1.88 bits per heavy atom. The van der Waals surface area contributed by atoms with Crippen molar-refractivity contribution in [1.29, 1.82) is 0 Å². The number of aliphatic hydroxyl groups is 3. The first kappa shape index (κ1) is 16.4. The molecule has 26 heavy (non-hydrogen) atoms. The van der Waals surface area contributed by atoms with E-state index in [9.17, 15) is 20.1 Å². The number of hydrogen-bond acceptors (Lipinski definition) is 6. The van der Waals surface area contributed by atoms with Crippen molar-refractivity contribution in [2.75, 3.05) is 0 Å². The number of carbonyl (C=O) groups excluding carboxylic acids is 1. The van der Waals surface area contributed by atoms with Crippen LogP contribution in [-0.4, -0.2) is 51.5 Å². The van der Waals surface area contributed by atoms with E-state index in [0.717, 1.165) is 19.3 Å². The average molecular weight is 364 g/mol. The third kappa shape index (κ3) is 1.22. The second kappa shape index (κ2) is 4.23. The molecule has 4 saturated carbocycles. The van der Waals surface area contributed by atoms with Crippen LogP contribution in [0.3, 0.4) is 0 Å². The minimum absolute atomic E-state index is 0.0388. The van der Waals surface area contributed by atoms with E-state index in [-0.39, 0.29) is 34.9 Å². The number of hydrogen-bond donors (Lipinski definition) is 3. The Balaban J connectivity index is 1.68. The Hall–Kier alpha value is -0.530. The highest BCUT2D eigenvalue weighted by atomic mass is 16.8. The highest BCUT2D eigenvalue weighted by molar-refractivity contribution is 5.93. The van der Waals surface area contributed by atoms with Crippen LogP contribution in [0, 0.1) is 39.9 Å². The van der Waals surface area contributed by atoms with Crippen LogP contribution in [0.25, 0.3) is 0 Å². The highest BCUT2D eigenvalue weighted by Gasteiger charge is 2.92. The quantitative estimate of drug-likeness (QED) is 0.589. The second-order valence-corrected chi connectivity index (χ2v) is 10.5.